The largest absolute Gasteiger partial charge is 0.339 e. The Balaban J connectivity index is 1.93. The van der Waals surface area contributed by atoms with Crippen molar-refractivity contribution in [2.45, 2.75) is 51.4 Å². The van der Waals surface area contributed by atoms with Crippen molar-refractivity contribution in [2.24, 2.45) is 11.7 Å². The quantitative estimate of drug-likeness (QED) is 0.799. The molecule has 0 spiro atoms. The minimum atomic E-state index is 0.476. The molecule has 1 saturated carbocycles. The number of hydrogen-bond donors (Lipinski definition) is 1. The number of nitrogens with two attached hydrogens (primary N) is 1. The molecule has 1 heterocycles. The summed E-state index contributed by atoms with van der Waals surface area (Å²) < 4.78 is 5.27. The highest BCUT2D eigenvalue weighted by Gasteiger charge is 2.23. The molecule has 0 aromatic carbocycles. The molecule has 0 amide bonds. The lowest BCUT2D eigenvalue weighted by molar-refractivity contribution is 0.335. The SMILES string of the molecule is Cc1noc(C2CCCC(CCN)CC2)n1. The van der Waals surface area contributed by atoms with Crippen molar-refractivity contribution in [3.63, 3.8) is 0 Å². The van der Waals surface area contributed by atoms with Crippen LogP contribution in [-0.4, -0.2) is 16.7 Å². The second kappa shape index (κ2) is 5.43. The molecule has 0 aliphatic heterocycles. The summed E-state index contributed by atoms with van der Waals surface area (Å²) in [6.45, 7) is 2.69. The molecule has 0 radical (unpaired) electrons. The first-order chi connectivity index (χ1) is 7.79. The summed E-state index contributed by atoms with van der Waals surface area (Å²) in [4.78, 5) is 4.34. The molecule has 1 aliphatic rings. The Morgan fingerprint density at radius 2 is 2.19 bits per heavy atom. The van der Waals surface area contributed by atoms with Crippen molar-refractivity contribution < 1.29 is 4.52 Å². The summed E-state index contributed by atoms with van der Waals surface area (Å²) >= 11 is 0. The first-order valence-electron chi connectivity index (χ1n) is 6.30. The molecule has 0 saturated heterocycles. The zero-order valence-electron chi connectivity index (χ0n) is 9.98. The smallest absolute Gasteiger partial charge is 0.229 e. The molecule has 90 valence electrons. The van der Waals surface area contributed by atoms with Gasteiger partial charge in [0.15, 0.2) is 5.82 Å². The first-order valence-corrected chi connectivity index (χ1v) is 6.30. The number of nitrogens with zero attached hydrogens (tertiary/aromatic N) is 2. The van der Waals surface area contributed by atoms with E-state index in [-0.39, 0.29) is 0 Å². The Labute approximate surface area is 96.6 Å². The highest BCUT2D eigenvalue weighted by Crippen LogP contribution is 2.34. The van der Waals surface area contributed by atoms with Gasteiger partial charge in [-0.2, -0.15) is 4.98 Å². The minimum Gasteiger partial charge on any atom is -0.339 e. The molecule has 4 nitrogen and oxygen atoms in total. The Kier molecular flexibility index (Phi) is 3.93. The molecular weight excluding hydrogens is 202 g/mol. The third-order valence-corrected chi connectivity index (χ3v) is 3.56. The van der Waals surface area contributed by atoms with Gasteiger partial charge < -0.3 is 10.3 Å². The third-order valence-electron chi connectivity index (χ3n) is 3.56. The van der Waals surface area contributed by atoms with Gasteiger partial charge in [0.25, 0.3) is 0 Å². The fourth-order valence-electron chi connectivity index (χ4n) is 2.63. The van der Waals surface area contributed by atoms with Crippen LogP contribution in [0.5, 0.6) is 0 Å². The van der Waals surface area contributed by atoms with Gasteiger partial charge in [0.1, 0.15) is 0 Å². The van der Waals surface area contributed by atoms with E-state index < -0.39 is 0 Å². The van der Waals surface area contributed by atoms with E-state index >= 15 is 0 Å². The van der Waals surface area contributed by atoms with Crippen molar-refractivity contribution in [2.75, 3.05) is 6.54 Å². The van der Waals surface area contributed by atoms with Crippen LogP contribution in [0, 0.1) is 12.8 Å². The molecule has 2 atom stereocenters. The van der Waals surface area contributed by atoms with E-state index in [4.69, 9.17) is 10.3 Å². The van der Waals surface area contributed by atoms with Gasteiger partial charge in [0.2, 0.25) is 5.89 Å². The summed E-state index contributed by atoms with van der Waals surface area (Å²) in [5.41, 5.74) is 5.62. The number of aromatic nitrogens is 2. The molecule has 1 aromatic rings. The van der Waals surface area contributed by atoms with Gasteiger partial charge in [-0.25, -0.2) is 0 Å². The lowest BCUT2D eigenvalue weighted by atomic mass is 9.95. The van der Waals surface area contributed by atoms with Crippen LogP contribution in [0.15, 0.2) is 4.52 Å². The highest BCUT2D eigenvalue weighted by atomic mass is 16.5. The van der Waals surface area contributed by atoms with Crippen molar-refractivity contribution in [1.82, 2.24) is 10.1 Å². The third kappa shape index (κ3) is 2.82. The Bertz CT molecular complexity index is 324. The number of aryl methyl sites for hydroxylation is 1. The lowest BCUT2D eigenvalue weighted by Crippen LogP contribution is -2.08. The molecular formula is C12H21N3O. The molecule has 2 rings (SSSR count). The zero-order valence-corrected chi connectivity index (χ0v) is 9.98. The van der Waals surface area contributed by atoms with Gasteiger partial charge in [-0.1, -0.05) is 18.0 Å². The van der Waals surface area contributed by atoms with Crippen LogP contribution in [0.3, 0.4) is 0 Å². The Morgan fingerprint density at radius 1 is 1.31 bits per heavy atom. The normalized spacial score (nSPS) is 26.6. The summed E-state index contributed by atoms with van der Waals surface area (Å²) in [6, 6.07) is 0. The van der Waals surface area contributed by atoms with E-state index in [1.165, 1.54) is 32.1 Å². The molecule has 4 heteroatoms. The topological polar surface area (TPSA) is 64.9 Å². The van der Waals surface area contributed by atoms with Crippen LogP contribution in [0.4, 0.5) is 0 Å². The summed E-state index contributed by atoms with van der Waals surface area (Å²) in [6.07, 6.45) is 7.34. The van der Waals surface area contributed by atoms with Gasteiger partial charge in [-0.15, -0.1) is 0 Å². The van der Waals surface area contributed by atoms with Gasteiger partial charge in [-0.05, 0) is 45.1 Å². The maximum Gasteiger partial charge on any atom is 0.229 e. The summed E-state index contributed by atoms with van der Waals surface area (Å²) in [7, 11) is 0. The molecule has 1 aliphatic carbocycles. The molecule has 2 N–H and O–H groups in total. The maximum atomic E-state index is 5.62. The van der Waals surface area contributed by atoms with Crippen LogP contribution >= 0.6 is 0 Å². The minimum absolute atomic E-state index is 0.476. The highest BCUT2D eigenvalue weighted by molar-refractivity contribution is 4.94. The standard InChI is InChI=1S/C12H21N3O/c1-9-14-12(16-15-9)11-4-2-3-10(5-6-11)7-8-13/h10-11H,2-8,13H2,1H3. The lowest BCUT2D eigenvalue weighted by Gasteiger charge is -2.11. The maximum absolute atomic E-state index is 5.62. The second-order valence-electron chi connectivity index (χ2n) is 4.83. The molecule has 2 unspecified atom stereocenters. The van der Waals surface area contributed by atoms with Crippen molar-refractivity contribution in [3.05, 3.63) is 11.7 Å². The van der Waals surface area contributed by atoms with Gasteiger partial charge in [0.05, 0.1) is 0 Å². The van der Waals surface area contributed by atoms with Crippen LogP contribution in [0.2, 0.25) is 0 Å². The fraction of sp³-hybridized carbons (Fsp3) is 0.833. The van der Waals surface area contributed by atoms with E-state index in [0.29, 0.717) is 5.92 Å². The number of hydrogen-bond acceptors (Lipinski definition) is 4. The zero-order chi connectivity index (χ0) is 11.4. The Hall–Kier alpha value is -0.900. The van der Waals surface area contributed by atoms with E-state index in [0.717, 1.165) is 30.6 Å². The van der Waals surface area contributed by atoms with Gasteiger partial charge >= 0.3 is 0 Å². The molecule has 16 heavy (non-hydrogen) atoms. The van der Waals surface area contributed by atoms with Crippen LogP contribution in [0.25, 0.3) is 0 Å². The molecule has 1 fully saturated rings. The summed E-state index contributed by atoms with van der Waals surface area (Å²) in [5.74, 6) is 2.87. The van der Waals surface area contributed by atoms with E-state index in [9.17, 15) is 0 Å². The van der Waals surface area contributed by atoms with Crippen molar-refractivity contribution >= 4 is 0 Å². The Morgan fingerprint density at radius 3 is 2.88 bits per heavy atom. The monoisotopic (exact) mass is 223 g/mol. The van der Waals surface area contributed by atoms with Crippen molar-refractivity contribution in [1.29, 1.82) is 0 Å². The van der Waals surface area contributed by atoms with Crippen LogP contribution < -0.4 is 5.73 Å². The molecule has 1 aromatic heterocycles. The number of rotatable bonds is 3. The van der Waals surface area contributed by atoms with Gasteiger partial charge in [-0.3, -0.25) is 0 Å². The van der Waals surface area contributed by atoms with E-state index in [2.05, 4.69) is 10.1 Å². The van der Waals surface area contributed by atoms with E-state index in [1.54, 1.807) is 0 Å². The first kappa shape index (κ1) is 11.6. The molecule has 0 bridgehead atoms. The fourth-order valence-corrected chi connectivity index (χ4v) is 2.63. The second-order valence-corrected chi connectivity index (χ2v) is 4.83. The average molecular weight is 223 g/mol. The van der Waals surface area contributed by atoms with Crippen LogP contribution in [0.1, 0.15) is 56.2 Å². The predicted molar refractivity (Wildman–Crippen MR) is 62.0 cm³/mol. The average Bonchev–Trinajstić information content (AvgIpc) is 2.57. The van der Waals surface area contributed by atoms with Gasteiger partial charge in [0, 0.05) is 5.92 Å². The van der Waals surface area contributed by atoms with Crippen molar-refractivity contribution in [3.8, 4) is 0 Å². The predicted octanol–water partition coefficient (Wildman–Crippen LogP) is 2.39. The summed E-state index contributed by atoms with van der Waals surface area (Å²) in [5, 5.41) is 3.87. The van der Waals surface area contributed by atoms with Crippen LogP contribution in [-0.2, 0) is 0 Å². The van der Waals surface area contributed by atoms with E-state index in [1.807, 2.05) is 6.92 Å².